The highest BCUT2D eigenvalue weighted by molar-refractivity contribution is 6.31. The standard InChI is InChI=1S/C23H24ClFN4/c24-20-7-3-2-6-18(20)14-22-21(25)15-26-23(28-22)27-19-10-8-17(9-11-19)16-29-12-4-1-5-13-29/h2-3,6-11,15H,1,4-5,12-14,16H2,(H,26,27,28). The summed E-state index contributed by atoms with van der Waals surface area (Å²) in [5.41, 5.74) is 3.32. The topological polar surface area (TPSA) is 41.1 Å². The lowest BCUT2D eigenvalue weighted by molar-refractivity contribution is 0.221. The fraction of sp³-hybridized carbons (Fsp3) is 0.304. The highest BCUT2D eigenvalue weighted by Gasteiger charge is 2.12. The van der Waals surface area contributed by atoms with Crippen LogP contribution in [-0.2, 0) is 13.0 Å². The minimum absolute atomic E-state index is 0.317. The van der Waals surface area contributed by atoms with Crippen LogP contribution in [0.4, 0.5) is 16.0 Å². The highest BCUT2D eigenvalue weighted by atomic mass is 35.5. The van der Waals surface area contributed by atoms with Crippen molar-refractivity contribution in [3.05, 3.63) is 82.4 Å². The number of hydrogen-bond donors (Lipinski definition) is 1. The summed E-state index contributed by atoms with van der Waals surface area (Å²) in [5, 5.41) is 3.77. The summed E-state index contributed by atoms with van der Waals surface area (Å²) in [6.07, 6.45) is 5.44. The molecule has 0 atom stereocenters. The molecule has 4 nitrogen and oxygen atoms in total. The molecule has 0 bridgehead atoms. The van der Waals surface area contributed by atoms with Gasteiger partial charge in [0.2, 0.25) is 5.95 Å². The molecule has 2 heterocycles. The first-order valence-corrected chi connectivity index (χ1v) is 10.4. The third kappa shape index (κ3) is 5.31. The van der Waals surface area contributed by atoms with Crippen molar-refractivity contribution in [3.63, 3.8) is 0 Å². The second-order valence-electron chi connectivity index (χ2n) is 7.42. The molecule has 29 heavy (non-hydrogen) atoms. The summed E-state index contributed by atoms with van der Waals surface area (Å²) in [7, 11) is 0. The first-order chi connectivity index (χ1) is 14.2. The number of aromatic nitrogens is 2. The molecule has 4 rings (SSSR count). The Labute approximate surface area is 175 Å². The maximum absolute atomic E-state index is 14.2. The molecule has 0 aliphatic carbocycles. The Morgan fingerprint density at radius 1 is 1.00 bits per heavy atom. The van der Waals surface area contributed by atoms with Gasteiger partial charge in [0.05, 0.1) is 11.9 Å². The molecule has 1 aromatic heterocycles. The van der Waals surface area contributed by atoms with Gasteiger partial charge in [0.1, 0.15) is 0 Å². The first-order valence-electron chi connectivity index (χ1n) is 10.0. The van der Waals surface area contributed by atoms with E-state index in [1.54, 1.807) is 6.07 Å². The van der Waals surface area contributed by atoms with Gasteiger partial charge in [-0.2, -0.15) is 0 Å². The zero-order chi connectivity index (χ0) is 20.1. The Morgan fingerprint density at radius 2 is 1.76 bits per heavy atom. The fourth-order valence-electron chi connectivity index (χ4n) is 3.61. The molecule has 0 amide bonds. The fourth-order valence-corrected chi connectivity index (χ4v) is 3.81. The summed E-state index contributed by atoms with van der Waals surface area (Å²) >= 11 is 6.20. The molecule has 2 aromatic carbocycles. The van der Waals surface area contributed by atoms with E-state index in [4.69, 9.17) is 11.6 Å². The van der Waals surface area contributed by atoms with E-state index in [-0.39, 0.29) is 0 Å². The van der Waals surface area contributed by atoms with Crippen LogP contribution in [0.5, 0.6) is 0 Å². The van der Waals surface area contributed by atoms with Gasteiger partial charge in [-0.3, -0.25) is 4.90 Å². The van der Waals surface area contributed by atoms with Crippen molar-refractivity contribution in [1.29, 1.82) is 0 Å². The summed E-state index contributed by atoms with van der Waals surface area (Å²) in [6.45, 7) is 3.34. The van der Waals surface area contributed by atoms with Crippen molar-refractivity contribution < 1.29 is 4.39 Å². The van der Waals surface area contributed by atoms with E-state index in [0.29, 0.717) is 23.1 Å². The molecule has 0 saturated carbocycles. The smallest absolute Gasteiger partial charge is 0.227 e. The quantitative estimate of drug-likeness (QED) is 0.575. The number of piperidine rings is 1. The van der Waals surface area contributed by atoms with Gasteiger partial charge >= 0.3 is 0 Å². The average molecular weight is 411 g/mol. The lowest BCUT2D eigenvalue weighted by Gasteiger charge is -2.26. The molecule has 3 aromatic rings. The molecule has 1 N–H and O–H groups in total. The van der Waals surface area contributed by atoms with Crippen molar-refractivity contribution in [2.24, 2.45) is 0 Å². The molecule has 6 heteroatoms. The van der Waals surface area contributed by atoms with Crippen molar-refractivity contribution in [1.82, 2.24) is 14.9 Å². The molecule has 1 aliphatic rings. The predicted molar refractivity (Wildman–Crippen MR) is 115 cm³/mol. The summed E-state index contributed by atoms with van der Waals surface area (Å²) in [5.74, 6) is -0.0652. The van der Waals surface area contributed by atoms with Gasteiger partial charge in [-0.25, -0.2) is 14.4 Å². The second-order valence-corrected chi connectivity index (χ2v) is 7.82. The number of likely N-dealkylation sites (tertiary alicyclic amines) is 1. The van der Waals surface area contributed by atoms with Crippen molar-refractivity contribution in [3.8, 4) is 0 Å². The number of nitrogens with one attached hydrogen (secondary N) is 1. The molecule has 150 valence electrons. The van der Waals surface area contributed by atoms with Crippen LogP contribution in [0.15, 0.2) is 54.7 Å². The van der Waals surface area contributed by atoms with Gasteiger partial charge in [0.25, 0.3) is 0 Å². The maximum Gasteiger partial charge on any atom is 0.227 e. The van der Waals surface area contributed by atoms with E-state index < -0.39 is 5.82 Å². The van der Waals surface area contributed by atoms with Crippen LogP contribution in [-0.4, -0.2) is 28.0 Å². The number of anilines is 2. The summed E-state index contributed by atoms with van der Waals surface area (Å²) in [6, 6.07) is 15.7. The Balaban J connectivity index is 1.43. The zero-order valence-electron chi connectivity index (χ0n) is 16.2. The molecule has 0 radical (unpaired) electrons. The maximum atomic E-state index is 14.2. The molecule has 0 spiro atoms. The van der Waals surface area contributed by atoms with E-state index in [2.05, 4.69) is 32.3 Å². The van der Waals surface area contributed by atoms with Crippen LogP contribution in [0.1, 0.15) is 36.1 Å². The van der Waals surface area contributed by atoms with Crippen LogP contribution in [0, 0.1) is 5.82 Å². The molecular weight excluding hydrogens is 387 g/mol. The third-order valence-electron chi connectivity index (χ3n) is 5.20. The molecule has 1 fully saturated rings. The third-order valence-corrected chi connectivity index (χ3v) is 5.57. The lowest BCUT2D eigenvalue weighted by Crippen LogP contribution is -2.29. The minimum Gasteiger partial charge on any atom is -0.324 e. The average Bonchev–Trinajstić information content (AvgIpc) is 2.74. The van der Waals surface area contributed by atoms with Gasteiger partial charge in [-0.05, 0) is 55.3 Å². The Kier molecular flexibility index (Phi) is 6.37. The van der Waals surface area contributed by atoms with E-state index >= 15 is 0 Å². The van der Waals surface area contributed by atoms with Crippen LogP contribution >= 0.6 is 11.6 Å². The largest absolute Gasteiger partial charge is 0.324 e. The van der Waals surface area contributed by atoms with Crippen LogP contribution < -0.4 is 5.32 Å². The summed E-state index contributed by atoms with van der Waals surface area (Å²) in [4.78, 5) is 10.9. The SMILES string of the molecule is Fc1cnc(Nc2ccc(CN3CCCCC3)cc2)nc1Cc1ccccc1Cl. The van der Waals surface area contributed by atoms with E-state index in [1.807, 2.05) is 30.3 Å². The van der Waals surface area contributed by atoms with E-state index in [1.165, 1.54) is 44.1 Å². The molecule has 0 unspecified atom stereocenters. The van der Waals surface area contributed by atoms with Gasteiger partial charge in [-0.15, -0.1) is 0 Å². The van der Waals surface area contributed by atoms with Crippen LogP contribution in [0.2, 0.25) is 5.02 Å². The van der Waals surface area contributed by atoms with Gasteiger partial charge in [0.15, 0.2) is 5.82 Å². The Morgan fingerprint density at radius 3 is 2.52 bits per heavy atom. The van der Waals surface area contributed by atoms with Gasteiger partial charge < -0.3 is 5.32 Å². The number of hydrogen-bond acceptors (Lipinski definition) is 4. The van der Waals surface area contributed by atoms with Crippen LogP contribution in [0.3, 0.4) is 0 Å². The molecule has 1 saturated heterocycles. The van der Waals surface area contributed by atoms with Gasteiger partial charge in [0, 0.05) is 23.7 Å². The molecular formula is C23H24ClFN4. The summed E-state index contributed by atoms with van der Waals surface area (Å²) < 4.78 is 14.2. The van der Waals surface area contributed by atoms with Crippen LogP contribution in [0.25, 0.3) is 0 Å². The lowest BCUT2D eigenvalue weighted by atomic mass is 10.1. The normalized spacial score (nSPS) is 14.7. The van der Waals surface area contributed by atoms with Crippen molar-refractivity contribution >= 4 is 23.2 Å². The molecule has 1 aliphatic heterocycles. The van der Waals surface area contributed by atoms with E-state index in [0.717, 1.165) is 17.8 Å². The number of halogens is 2. The second kappa shape index (κ2) is 9.33. The zero-order valence-corrected chi connectivity index (χ0v) is 17.0. The van der Waals surface area contributed by atoms with Crippen molar-refractivity contribution in [2.75, 3.05) is 18.4 Å². The number of benzene rings is 2. The Hall–Kier alpha value is -2.50. The first kappa shape index (κ1) is 19.8. The minimum atomic E-state index is -0.438. The van der Waals surface area contributed by atoms with Crippen molar-refractivity contribution in [2.45, 2.75) is 32.2 Å². The van der Waals surface area contributed by atoms with Gasteiger partial charge in [-0.1, -0.05) is 48.4 Å². The number of rotatable bonds is 6. The Bertz CT molecular complexity index is 955. The predicted octanol–water partition coefficient (Wildman–Crippen LogP) is 5.59. The monoisotopic (exact) mass is 410 g/mol. The number of nitrogens with zero attached hydrogens (tertiary/aromatic N) is 3. The van der Waals surface area contributed by atoms with E-state index in [9.17, 15) is 4.39 Å². The highest BCUT2D eigenvalue weighted by Crippen LogP contribution is 2.21.